The van der Waals surface area contributed by atoms with Crippen LogP contribution in [0.3, 0.4) is 0 Å². The number of nitrogens with zero attached hydrogens (tertiary/aromatic N) is 1. The van der Waals surface area contributed by atoms with Gasteiger partial charge in [-0.3, -0.25) is 4.90 Å². The van der Waals surface area contributed by atoms with Gasteiger partial charge in [-0.15, -0.1) is 0 Å². The second-order valence-corrected chi connectivity index (χ2v) is 18.3. The number of hydrogen-bond acceptors (Lipinski definition) is 5. The summed E-state index contributed by atoms with van der Waals surface area (Å²) < 4.78 is 21.7. The van der Waals surface area contributed by atoms with Crippen LogP contribution >= 0.6 is 0 Å². The van der Waals surface area contributed by atoms with Gasteiger partial charge in [-0.1, -0.05) is 110 Å². The predicted molar refractivity (Wildman–Crippen MR) is 211 cm³/mol. The van der Waals surface area contributed by atoms with Gasteiger partial charge in [0.1, 0.15) is 0 Å². The van der Waals surface area contributed by atoms with Crippen LogP contribution in [0.1, 0.15) is 83.5 Å². The number of allylic oxidation sites excluding steroid dienone is 9. The van der Waals surface area contributed by atoms with Crippen molar-refractivity contribution in [3.8, 4) is 0 Å². The van der Waals surface area contributed by atoms with E-state index in [1.165, 1.54) is 63.5 Å². The molecular weight excluding hydrogens is 653 g/mol. The van der Waals surface area contributed by atoms with Crippen molar-refractivity contribution >= 4 is 0 Å². The Labute approximate surface area is 317 Å². The van der Waals surface area contributed by atoms with E-state index in [1.807, 2.05) is 0 Å². The van der Waals surface area contributed by atoms with Crippen LogP contribution in [-0.2, 0) is 14.2 Å². The summed E-state index contributed by atoms with van der Waals surface area (Å²) in [7, 11) is 0. The molecule has 1 spiro atoms. The molecule has 11 aliphatic rings. The minimum atomic E-state index is 0.0949. The van der Waals surface area contributed by atoms with Gasteiger partial charge < -0.3 is 19.5 Å². The van der Waals surface area contributed by atoms with Crippen LogP contribution in [0, 0.1) is 40.9 Å². The van der Waals surface area contributed by atoms with Crippen molar-refractivity contribution in [3.63, 3.8) is 0 Å². The van der Waals surface area contributed by atoms with E-state index < -0.39 is 0 Å². The first-order chi connectivity index (χ1) is 26.3. The molecular formula is C48H60N2O3. The van der Waals surface area contributed by atoms with Crippen LogP contribution in [0.5, 0.6) is 0 Å². The fourth-order valence-corrected chi connectivity index (χ4v) is 13.7. The van der Waals surface area contributed by atoms with Crippen LogP contribution in [0.4, 0.5) is 0 Å². The molecule has 3 saturated heterocycles. The van der Waals surface area contributed by atoms with Gasteiger partial charge in [-0.05, 0) is 94.0 Å². The summed E-state index contributed by atoms with van der Waals surface area (Å²) in [6, 6.07) is 1.00. The van der Waals surface area contributed by atoms with Crippen molar-refractivity contribution in [1.82, 2.24) is 10.2 Å². The summed E-state index contributed by atoms with van der Waals surface area (Å²) in [5.41, 5.74) is 3.21. The van der Waals surface area contributed by atoms with Crippen molar-refractivity contribution < 1.29 is 14.2 Å². The molecule has 11 rings (SSSR count). The maximum Gasteiger partial charge on any atom is 0.0955 e. The molecule has 53 heavy (non-hydrogen) atoms. The molecule has 16 unspecified atom stereocenters. The number of fused-ring (bicyclic) bond motifs is 10. The van der Waals surface area contributed by atoms with Crippen molar-refractivity contribution in [2.45, 2.75) is 138 Å². The van der Waals surface area contributed by atoms with Gasteiger partial charge in [0.05, 0.1) is 48.7 Å². The third kappa shape index (κ3) is 5.52. The lowest BCUT2D eigenvalue weighted by molar-refractivity contribution is -0.232. The average molecular weight is 713 g/mol. The predicted octanol–water partition coefficient (Wildman–Crippen LogP) is 8.85. The van der Waals surface area contributed by atoms with Crippen molar-refractivity contribution in [2.24, 2.45) is 40.9 Å². The summed E-state index contributed by atoms with van der Waals surface area (Å²) in [5.74, 6) is 2.78. The van der Waals surface area contributed by atoms with E-state index in [-0.39, 0.29) is 42.0 Å². The van der Waals surface area contributed by atoms with Crippen LogP contribution < -0.4 is 5.32 Å². The van der Waals surface area contributed by atoms with E-state index in [0.717, 1.165) is 32.2 Å². The van der Waals surface area contributed by atoms with Crippen molar-refractivity contribution in [1.29, 1.82) is 0 Å². The number of rotatable bonds is 3. The highest BCUT2D eigenvalue weighted by Crippen LogP contribution is 2.66. The van der Waals surface area contributed by atoms with Gasteiger partial charge in [0.25, 0.3) is 0 Å². The van der Waals surface area contributed by atoms with Crippen LogP contribution in [0.2, 0.25) is 0 Å². The highest BCUT2D eigenvalue weighted by molar-refractivity contribution is 5.38. The molecule has 0 bridgehead atoms. The third-order valence-electron chi connectivity index (χ3n) is 15.8. The molecule has 16 atom stereocenters. The molecule has 0 aromatic rings. The first kappa shape index (κ1) is 33.6. The van der Waals surface area contributed by atoms with Crippen molar-refractivity contribution in [3.05, 3.63) is 108 Å². The van der Waals surface area contributed by atoms with Crippen LogP contribution in [0.25, 0.3) is 0 Å². The van der Waals surface area contributed by atoms with Gasteiger partial charge >= 0.3 is 0 Å². The summed E-state index contributed by atoms with van der Waals surface area (Å²) in [6.07, 6.45) is 56.2. The minimum Gasteiger partial charge on any atom is -0.388 e. The Bertz CT molecular complexity index is 1700. The van der Waals surface area contributed by atoms with E-state index in [1.54, 1.807) is 5.57 Å². The van der Waals surface area contributed by atoms with E-state index >= 15 is 0 Å². The summed E-state index contributed by atoms with van der Waals surface area (Å²) in [5, 5.41) is 3.77. The second-order valence-electron chi connectivity index (χ2n) is 18.3. The standard InChI is InChI=1S/C48H60N2O3/c1-2-12-34(13-3-1)50-40-17-6-9-20-44(40)53-47-29-32(23-26-41(47)50)31-21-24-37-45(28-31)51-42-18-7-4-14-35(42)48(37)36-15-5-8-19-43(36)52-46-30-33(22-25-38(46)48)39-16-10-11-27-49-39/h1-3,6,9,12,14,16-17,20-26,31-34,36-38,40-47,49H,4-5,7-8,10-11,13,15,18-19,27-30H2. The molecule has 4 aliphatic heterocycles. The minimum absolute atomic E-state index is 0.0949. The summed E-state index contributed by atoms with van der Waals surface area (Å²) in [6.45, 7) is 1.11. The second kappa shape index (κ2) is 13.8. The third-order valence-corrected chi connectivity index (χ3v) is 15.8. The SMILES string of the molecule is C1=CCC(N2C3C=CC=CC3OC3CC(C4C=CC5C(C4)OC4CCCC=C4C54C5C=CC(C6=CCCCN6)CC5OC5CCCCC54)C=CC32)C=C1. The number of hydrogen-bond donors (Lipinski definition) is 1. The number of nitrogens with one attached hydrogen (secondary N) is 1. The zero-order valence-electron chi connectivity index (χ0n) is 31.5. The maximum absolute atomic E-state index is 7.39. The molecule has 0 radical (unpaired) electrons. The lowest BCUT2D eigenvalue weighted by Gasteiger charge is -2.66. The van der Waals surface area contributed by atoms with E-state index in [0.29, 0.717) is 53.7 Å². The van der Waals surface area contributed by atoms with Gasteiger partial charge in [0, 0.05) is 41.5 Å². The molecule has 4 fully saturated rings. The molecule has 4 heterocycles. The Kier molecular flexibility index (Phi) is 8.75. The number of ether oxygens (including phenoxy) is 3. The lowest BCUT2D eigenvalue weighted by atomic mass is 9.45. The van der Waals surface area contributed by atoms with E-state index in [9.17, 15) is 0 Å². The molecule has 5 nitrogen and oxygen atoms in total. The Morgan fingerprint density at radius 2 is 1.43 bits per heavy atom. The highest BCUT2D eigenvalue weighted by atomic mass is 16.5. The normalized spacial score (nSPS) is 49.4. The Morgan fingerprint density at radius 3 is 2.32 bits per heavy atom. The summed E-state index contributed by atoms with van der Waals surface area (Å²) >= 11 is 0. The Hall–Kier alpha value is -2.70. The molecule has 280 valence electrons. The average Bonchev–Trinajstić information content (AvgIpc) is 3.22. The summed E-state index contributed by atoms with van der Waals surface area (Å²) in [4.78, 5) is 2.76. The lowest BCUT2D eigenvalue weighted by Crippen LogP contribution is -2.66. The van der Waals surface area contributed by atoms with Crippen LogP contribution in [0.15, 0.2) is 108 Å². The maximum atomic E-state index is 7.39. The van der Waals surface area contributed by atoms with Crippen molar-refractivity contribution in [2.75, 3.05) is 6.54 Å². The molecule has 1 saturated carbocycles. The van der Waals surface area contributed by atoms with E-state index in [2.05, 4.69) is 107 Å². The number of morpholine rings is 1. The Balaban J connectivity index is 0.930. The fraction of sp³-hybridized carbons (Fsp3) is 0.625. The first-order valence-corrected chi connectivity index (χ1v) is 21.9. The monoisotopic (exact) mass is 712 g/mol. The van der Waals surface area contributed by atoms with Gasteiger partial charge in [0.2, 0.25) is 0 Å². The molecule has 1 N–H and O–H groups in total. The molecule has 0 aromatic heterocycles. The largest absolute Gasteiger partial charge is 0.388 e. The Morgan fingerprint density at radius 1 is 0.623 bits per heavy atom. The topological polar surface area (TPSA) is 43.0 Å². The zero-order valence-corrected chi connectivity index (χ0v) is 31.5. The first-order valence-electron chi connectivity index (χ1n) is 21.9. The van der Waals surface area contributed by atoms with Crippen LogP contribution in [-0.4, -0.2) is 66.2 Å². The molecule has 0 aromatic carbocycles. The van der Waals surface area contributed by atoms with Gasteiger partial charge in [-0.2, -0.15) is 0 Å². The molecule has 5 heteroatoms. The fourth-order valence-electron chi connectivity index (χ4n) is 13.7. The molecule has 0 amide bonds. The smallest absolute Gasteiger partial charge is 0.0955 e. The molecule has 7 aliphatic carbocycles. The van der Waals surface area contributed by atoms with Gasteiger partial charge in [-0.25, -0.2) is 0 Å². The zero-order chi connectivity index (χ0) is 34.9. The quantitative estimate of drug-likeness (QED) is 0.297. The van der Waals surface area contributed by atoms with Gasteiger partial charge in [0.15, 0.2) is 0 Å². The van der Waals surface area contributed by atoms with E-state index in [4.69, 9.17) is 14.2 Å². The highest BCUT2D eigenvalue weighted by Gasteiger charge is 2.66.